The Morgan fingerprint density at radius 2 is 2.03 bits per heavy atom. The molecule has 30 heavy (non-hydrogen) atoms. The van der Waals surface area contributed by atoms with Gasteiger partial charge in [-0.3, -0.25) is 9.80 Å². The average molecular weight is 418 g/mol. The van der Waals surface area contributed by atoms with E-state index in [-0.39, 0.29) is 29.0 Å². The topological polar surface area (TPSA) is 73.8 Å². The van der Waals surface area contributed by atoms with Gasteiger partial charge in [-0.25, -0.2) is 0 Å². The van der Waals surface area contributed by atoms with Crippen LogP contribution in [0.2, 0.25) is 0 Å². The fourth-order valence-corrected chi connectivity index (χ4v) is 8.73. The number of ketones is 1. The van der Waals surface area contributed by atoms with E-state index >= 15 is 0 Å². The molecule has 0 amide bonds. The van der Waals surface area contributed by atoms with Crippen LogP contribution in [-0.2, 0) is 9.53 Å². The van der Waals surface area contributed by atoms with Gasteiger partial charge in [0, 0.05) is 25.4 Å². The summed E-state index contributed by atoms with van der Waals surface area (Å²) in [6.45, 7) is 5.30. The van der Waals surface area contributed by atoms with Gasteiger partial charge in [0.2, 0.25) is 0 Å². The van der Waals surface area contributed by atoms with Crippen LogP contribution in [0.1, 0.15) is 65.2 Å². The number of fused-ring (bicyclic) bond motifs is 5. The zero-order chi connectivity index (χ0) is 21.1. The number of aliphatic hydroxyl groups is 1. The highest BCUT2D eigenvalue weighted by atomic mass is 16.5. The summed E-state index contributed by atoms with van der Waals surface area (Å²) in [4.78, 5) is 13.3. The number of ether oxygens (including phenoxy) is 1. The van der Waals surface area contributed by atoms with Crippen LogP contribution >= 0.6 is 0 Å². The number of carbonyl (C=O) groups is 1. The Morgan fingerprint density at radius 1 is 1.20 bits per heavy atom. The first-order valence-electron chi connectivity index (χ1n) is 12.0. The summed E-state index contributed by atoms with van der Waals surface area (Å²) < 4.78 is 6.22. The van der Waals surface area contributed by atoms with Crippen LogP contribution in [-0.4, -0.2) is 41.8 Å². The first-order valence-corrected chi connectivity index (χ1v) is 12.0. The average Bonchev–Trinajstić information content (AvgIpc) is 3.34. The molecule has 9 atom stereocenters. The van der Waals surface area contributed by atoms with E-state index in [1.165, 1.54) is 19.3 Å². The van der Waals surface area contributed by atoms with E-state index in [1.54, 1.807) is 0 Å². The minimum absolute atomic E-state index is 0.0349. The van der Waals surface area contributed by atoms with Crippen molar-refractivity contribution in [3.05, 3.63) is 12.4 Å². The minimum Gasteiger partial charge on any atom is -0.393 e. The lowest BCUT2D eigenvalue weighted by Crippen LogP contribution is -2.60. The van der Waals surface area contributed by atoms with Crippen LogP contribution < -0.4 is 11.0 Å². The summed E-state index contributed by atoms with van der Waals surface area (Å²) in [7, 11) is 1.88. The number of hydrazine groups is 2. The first kappa shape index (κ1) is 20.8. The normalized spacial score (nSPS) is 49.9. The van der Waals surface area contributed by atoms with Crippen LogP contribution in [0.25, 0.3) is 0 Å². The third kappa shape index (κ3) is 3.05. The first-order chi connectivity index (χ1) is 14.4. The van der Waals surface area contributed by atoms with Crippen molar-refractivity contribution >= 4 is 5.78 Å². The van der Waals surface area contributed by atoms with Crippen molar-refractivity contribution in [2.24, 2.45) is 40.4 Å². The number of hydrogen-bond donors (Lipinski definition) is 3. The Bertz CT molecular complexity index is 714. The van der Waals surface area contributed by atoms with Gasteiger partial charge in [0.05, 0.1) is 18.8 Å². The standard InChI is InChI=1S/C24H39N3O3/c1-23-9-8-16(28)12-15(23)4-5-17-18-6-7-19(20(29)14-27-11-10-25-26-27)24(18,2)13-21(30-3)22(17)23/h10-11,15-19,21-22,25-26,28H,4-9,12-14H2,1-3H3/t15-,16+,17-,18-,19+,21-,22+,23-,24-/m0/s1. The lowest BCUT2D eigenvalue weighted by molar-refractivity contribution is -0.186. The molecular weight excluding hydrogens is 378 g/mol. The summed E-state index contributed by atoms with van der Waals surface area (Å²) >= 11 is 0. The zero-order valence-electron chi connectivity index (χ0n) is 18.8. The van der Waals surface area contributed by atoms with Gasteiger partial charge in [-0.05, 0) is 85.9 Å². The molecule has 3 N–H and O–H groups in total. The Kier molecular flexibility index (Phi) is 5.19. The maximum absolute atomic E-state index is 13.3. The number of methoxy groups -OCH3 is 1. The van der Waals surface area contributed by atoms with Crippen molar-refractivity contribution in [2.75, 3.05) is 13.7 Å². The summed E-state index contributed by atoms with van der Waals surface area (Å²) in [6, 6.07) is 0. The van der Waals surface area contributed by atoms with Crippen molar-refractivity contribution < 1.29 is 14.6 Å². The van der Waals surface area contributed by atoms with E-state index in [9.17, 15) is 9.90 Å². The lowest BCUT2D eigenvalue weighted by Gasteiger charge is -2.62. The maximum Gasteiger partial charge on any atom is 0.157 e. The fourth-order valence-electron chi connectivity index (χ4n) is 8.73. The molecule has 0 saturated heterocycles. The number of nitrogens with zero attached hydrogens (tertiary/aromatic N) is 1. The van der Waals surface area contributed by atoms with Crippen molar-refractivity contribution in [2.45, 2.75) is 77.4 Å². The number of Topliss-reactive ketones (excluding diaryl/α,β-unsaturated/α-hetero) is 1. The quantitative estimate of drug-likeness (QED) is 0.653. The highest BCUT2D eigenvalue weighted by Gasteiger charge is 2.64. The third-order valence-electron chi connectivity index (χ3n) is 10.1. The van der Waals surface area contributed by atoms with Gasteiger partial charge < -0.3 is 15.3 Å². The van der Waals surface area contributed by atoms with Crippen molar-refractivity contribution in [1.29, 1.82) is 0 Å². The summed E-state index contributed by atoms with van der Waals surface area (Å²) in [6.07, 6.45) is 12.5. The van der Waals surface area contributed by atoms with Crippen LogP contribution in [0.4, 0.5) is 0 Å². The predicted molar refractivity (Wildman–Crippen MR) is 115 cm³/mol. The molecule has 1 aliphatic heterocycles. The molecule has 168 valence electrons. The second kappa shape index (κ2) is 7.49. The van der Waals surface area contributed by atoms with Gasteiger partial charge in [0.25, 0.3) is 0 Å². The van der Waals surface area contributed by atoms with Gasteiger partial charge in [0.15, 0.2) is 5.78 Å². The summed E-state index contributed by atoms with van der Waals surface area (Å²) in [5.41, 5.74) is 6.23. The number of hydrogen-bond acceptors (Lipinski definition) is 6. The Morgan fingerprint density at radius 3 is 2.77 bits per heavy atom. The van der Waals surface area contributed by atoms with Gasteiger partial charge in [-0.15, -0.1) is 5.53 Å². The van der Waals surface area contributed by atoms with Crippen LogP contribution in [0, 0.1) is 40.4 Å². The van der Waals surface area contributed by atoms with Crippen molar-refractivity contribution in [3.63, 3.8) is 0 Å². The molecule has 4 saturated carbocycles. The summed E-state index contributed by atoms with van der Waals surface area (Å²) in [5, 5.41) is 12.1. The van der Waals surface area contributed by atoms with Gasteiger partial charge in [-0.1, -0.05) is 13.8 Å². The van der Waals surface area contributed by atoms with E-state index in [0.717, 1.165) is 32.1 Å². The SMILES string of the molecule is CO[C@H]1C[C@]2(C)[C@@H](C(=O)CN3C=CNN3)CC[C@H]2[C@@H]2CC[C@H]3C[C@H](O)CC[C@]3(C)[C@H]21. The molecule has 0 aromatic rings. The number of nitrogens with one attached hydrogen (secondary N) is 2. The maximum atomic E-state index is 13.3. The molecule has 0 radical (unpaired) electrons. The molecule has 1 heterocycles. The lowest BCUT2D eigenvalue weighted by atomic mass is 9.43. The van der Waals surface area contributed by atoms with Gasteiger partial charge in [0.1, 0.15) is 0 Å². The molecule has 0 aromatic heterocycles. The molecule has 4 aliphatic carbocycles. The van der Waals surface area contributed by atoms with Crippen LogP contribution in [0.5, 0.6) is 0 Å². The molecule has 5 aliphatic rings. The van der Waals surface area contributed by atoms with Crippen molar-refractivity contribution in [1.82, 2.24) is 16.0 Å². The van der Waals surface area contributed by atoms with E-state index < -0.39 is 0 Å². The second-order valence-electron chi connectivity index (χ2n) is 11.3. The molecule has 4 fully saturated rings. The molecule has 6 heteroatoms. The van der Waals surface area contributed by atoms with E-state index in [2.05, 4.69) is 24.8 Å². The molecule has 0 unspecified atom stereocenters. The van der Waals surface area contributed by atoms with E-state index in [4.69, 9.17) is 4.74 Å². The Balaban J connectivity index is 1.40. The molecule has 0 bridgehead atoms. The highest BCUT2D eigenvalue weighted by Crippen LogP contribution is 2.67. The molecule has 5 rings (SSSR count). The fraction of sp³-hybridized carbons (Fsp3) is 0.875. The van der Waals surface area contributed by atoms with Crippen molar-refractivity contribution in [3.8, 4) is 0 Å². The monoisotopic (exact) mass is 417 g/mol. The minimum atomic E-state index is -0.120. The van der Waals surface area contributed by atoms with Crippen LogP contribution in [0.15, 0.2) is 12.4 Å². The number of carbonyl (C=O) groups excluding carboxylic acids is 1. The Labute approximate surface area is 180 Å². The number of rotatable bonds is 4. The zero-order valence-corrected chi connectivity index (χ0v) is 18.8. The molecule has 0 spiro atoms. The molecule has 6 nitrogen and oxygen atoms in total. The summed E-state index contributed by atoms with van der Waals surface area (Å²) in [5.74, 6) is 2.92. The van der Waals surface area contributed by atoms with Gasteiger partial charge >= 0.3 is 0 Å². The van der Waals surface area contributed by atoms with E-state index in [0.29, 0.717) is 36.0 Å². The number of aliphatic hydroxyl groups excluding tert-OH is 1. The molecule has 0 aromatic carbocycles. The van der Waals surface area contributed by atoms with Gasteiger partial charge in [-0.2, -0.15) is 0 Å². The largest absolute Gasteiger partial charge is 0.393 e. The Hall–Kier alpha value is -1.11. The molecular formula is C24H39N3O3. The predicted octanol–water partition coefficient (Wildman–Crippen LogP) is 3.00. The third-order valence-corrected chi connectivity index (χ3v) is 10.1. The highest BCUT2D eigenvalue weighted by molar-refractivity contribution is 5.84. The second-order valence-corrected chi connectivity index (χ2v) is 11.3. The van der Waals surface area contributed by atoms with Crippen LogP contribution in [0.3, 0.4) is 0 Å². The van der Waals surface area contributed by atoms with E-state index in [1.807, 2.05) is 24.5 Å². The smallest absolute Gasteiger partial charge is 0.157 e.